The summed E-state index contributed by atoms with van der Waals surface area (Å²) in [6, 6.07) is 6.75. The Morgan fingerprint density at radius 2 is 2.17 bits per heavy atom. The molecular formula is C18H25FN2O2. The minimum absolute atomic E-state index is 0.0305. The molecule has 4 nitrogen and oxygen atoms in total. The van der Waals surface area contributed by atoms with Gasteiger partial charge in [-0.1, -0.05) is 12.1 Å². The van der Waals surface area contributed by atoms with Gasteiger partial charge in [-0.25, -0.2) is 4.39 Å². The van der Waals surface area contributed by atoms with E-state index in [4.69, 9.17) is 4.74 Å². The third-order valence-corrected chi connectivity index (χ3v) is 5.18. The lowest BCUT2D eigenvalue weighted by Crippen LogP contribution is -2.55. The number of hydrogen-bond acceptors (Lipinski definition) is 3. The zero-order valence-corrected chi connectivity index (χ0v) is 13.6. The van der Waals surface area contributed by atoms with Crippen molar-refractivity contribution in [2.24, 2.45) is 5.92 Å². The number of rotatable bonds is 3. The van der Waals surface area contributed by atoms with E-state index in [1.165, 1.54) is 12.1 Å². The smallest absolute Gasteiger partial charge is 0.225 e. The van der Waals surface area contributed by atoms with Crippen LogP contribution in [0.5, 0.6) is 0 Å². The molecule has 2 heterocycles. The first-order valence-corrected chi connectivity index (χ1v) is 8.50. The largest absolute Gasteiger partial charge is 0.381 e. The number of hydrogen-bond donors (Lipinski definition) is 2. The van der Waals surface area contributed by atoms with Gasteiger partial charge in [0.1, 0.15) is 5.82 Å². The van der Waals surface area contributed by atoms with Crippen LogP contribution in [0.4, 0.5) is 4.39 Å². The SMILES string of the molecule is CC1NCCCC1C(=O)NC1(c2cccc(F)c2)CCOCC1. The standard InChI is InChI=1S/C18H25FN2O2/c1-13-16(6-3-9-20-13)17(22)21-18(7-10-23-11-8-18)14-4-2-5-15(19)12-14/h2,4-5,12-13,16,20H,3,6-11H2,1H3,(H,21,22). The molecule has 0 aromatic heterocycles. The summed E-state index contributed by atoms with van der Waals surface area (Å²) in [5, 5.41) is 6.62. The van der Waals surface area contributed by atoms with Crippen molar-refractivity contribution in [2.75, 3.05) is 19.8 Å². The molecule has 1 aromatic rings. The third kappa shape index (κ3) is 3.56. The first-order chi connectivity index (χ1) is 11.1. The van der Waals surface area contributed by atoms with Crippen LogP contribution in [0.3, 0.4) is 0 Å². The Labute approximate surface area is 136 Å². The summed E-state index contributed by atoms with van der Waals surface area (Å²) >= 11 is 0. The van der Waals surface area contributed by atoms with Gasteiger partial charge in [0.25, 0.3) is 0 Å². The van der Waals surface area contributed by atoms with E-state index in [9.17, 15) is 9.18 Å². The van der Waals surface area contributed by atoms with Gasteiger partial charge in [0, 0.05) is 19.3 Å². The maximum Gasteiger partial charge on any atom is 0.225 e. The first-order valence-electron chi connectivity index (χ1n) is 8.50. The number of nitrogens with one attached hydrogen (secondary N) is 2. The number of amides is 1. The summed E-state index contributed by atoms with van der Waals surface area (Å²) in [5.74, 6) is -0.233. The average Bonchev–Trinajstić information content (AvgIpc) is 2.56. The molecule has 3 rings (SSSR count). The molecule has 126 valence electrons. The van der Waals surface area contributed by atoms with Crippen LogP contribution in [0.1, 0.15) is 38.2 Å². The topological polar surface area (TPSA) is 50.4 Å². The Morgan fingerprint density at radius 1 is 1.39 bits per heavy atom. The molecule has 0 radical (unpaired) electrons. The molecule has 0 saturated carbocycles. The maximum atomic E-state index is 13.7. The molecule has 2 fully saturated rings. The van der Waals surface area contributed by atoms with E-state index in [-0.39, 0.29) is 23.7 Å². The van der Waals surface area contributed by atoms with Crippen LogP contribution >= 0.6 is 0 Å². The molecule has 1 aromatic carbocycles. The van der Waals surface area contributed by atoms with Crippen molar-refractivity contribution in [3.8, 4) is 0 Å². The highest BCUT2D eigenvalue weighted by molar-refractivity contribution is 5.80. The molecule has 2 aliphatic heterocycles. The molecule has 23 heavy (non-hydrogen) atoms. The molecule has 0 spiro atoms. The summed E-state index contributed by atoms with van der Waals surface area (Å²) in [4.78, 5) is 12.9. The molecule has 2 unspecified atom stereocenters. The summed E-state index contributed by atoms with van der Waals surface area (Å²) in [6.45, 7) is 4.18. The highest BCUT2D eigenvalue weighted by atomic mass is 19.1. The van der Waals surface area contributed by atoms with Gasteiger partial charge in [0.05, 0.1) is 11.5 Å². The summed E-state index contributed by atoms with van der Waals surface area (Å²) in [7, 11) is 0. The summed E-state index contributed by atoms with van der Waals surface area (Å²) in [5.41, 5.74) is 0.319. The van der Waals surface area contributed by atoms with Crippen molar-refractivity contribution in [1.29, 1.82) is 0 Å². The van der Waals surface area contributed by atoms with Crippen LogP contribution in [0.2, 0.25) is 0 Å². The van der Waals surface area contributed by atoms with E-state index >= 15 is 0 Å². The summed E-state index contributed by atoms with van der Waals surface area (Å²) in [6.07, 6.45) is 3.27. The number of ether oxygens (including phenoxy) is 1. The fourth-order valence-corrected chi connectivity index (χ4v) is 3.72. The van der Waals surface area contributed by atoms with Crippen molar-refractivity contribution in [1.82, 2.24) is 10.6 Å². The molecule has 1 amide bonds. The van der Waals surface area contributed by atoms with E-state index in [1.807, 2.05) is 6.07 Å². The van der Waals surface area contributed by atoms with Crippen molar-refractivity contribution >= 4 is 5.91 Å². The molecule has 0 bridgehead atoms. The lowest BCUT2D eigenvalue weighted by atomic mass is 9.81. The minimum Gasteiger partial charge on any atom is -0.381 e. The lowest BCUT2D eigenvalue weighted by Gasteiger charge is -2.40. The Hall–Kier alpha value is -1.46. The number of halogens is 1. The normalized spacial score (nSPS) is 27.4. The Kier molecular flexibility index (Phi) is 4.97. The van der Waals surface area contributed by atoms with Crippen LogP contribution in [0.25, 0.3) is 0 Å². The number of carbonyl (C=O) groups excluding carboxylic acids is 1. The van der Waals surface area contributed by atoms with Gasteiger partial charge in [-0.15, -0.1) is 0 Å². The maximum absolute atomic E-state index is 13.7. The van der Waals surface area contributed by atoms with Gasteiger partial charge in [-0.3, -0.25) is 4.79 Å². The second kappa shape index (κ2) is 6.97. The molecule has 2 saturated heterocycles. The van der Waals surface area contributed by atoms with Crippen molar-refractivity contribution in [3.05, 3.63) is 35.6 Å². The van der Waals surface area contributed by atoms with E-state index < -0.39 is 5.54 Å². The second-order valence-corrected chi connectivity index (χ2v) is 6.69. The molecule has 2 atom stereocenters. The monoisotopic (exact) mass is 320 g/mol. The highest BCUT2D eigenvalue weighted by Gasteiger charge is 2.39. The fourth-order valence-electron chi connectivity index (χ4n) is 3.72. The van der Waals surface area contributed by atoms with Crippen LogP contribution in [-0.2, 0) is 15.1 Å². The number of benzene rings is 1. The molecule has 2 N–H and O–H groups in total. The quantitative estimate of drug-likeness (QED) is 0.899. The van der Waals surface area contributed by atoms with Gasteiger partial charge in [-0.05, 0) is 56.8 Å². The zero-order chi connectivity index (χ0) is 16.3. The van der Waals surface area contributed by atoms with Crippen LogP contribution in [-0.4, -0.2) is 31.7 Å². The lowest BCUT2D eigenvalue weighted by molar-refractivity contribution is -0.130. The van der Waals surface area contributed by atoms with Gasteiger partial charge >= 0.3 is 0 Å². The Bertz CT molecular complexity index is 558. The van der Waals surface area contributed by atoms with Crippen LogP contribution in [0, 0.1) is 11.7 Å². The van der Waals surface area contributed by atoms with Crippen molar-refractivity contribution < 1.29 is 13.9 Å². The molecule has 2 aliphatic rings. The van der Waals surface area contributed by atoms with Gasteiger partial charge < -0.3 is 15.4 Å². The molecular weight excluding hydrogens is 295 g/mol. The van der Waals surface area contributed by atoms with E-state index in [0.717, 1.165) is 24.9 Å². The van der Waals surface area contributed by atoms with Crippen LogP contribution in [0.15, 0.2) is 24.3 Å². The Balaban J connectivity index is 1.83. The van der Waals surface area contributed by atoms with Crippen LogP contribution < -0.4 is 10.6 Å². The average molecular weight is 320 g/mol. The van der Waals surface area contributed by atoms with E-state index in [2.05, 4.69) is 17.6 Å². The van der Waals surface area contributed by atoms with E-state index in [0.29, 0.717) is 26.1 Å². The predicted molar refractivity (Wildman–Crippen MR) is 86.5 cm³/mol. The van der Waals surface area contributed by atoms with E-state index in [1.54, 1.807) is 6.07 Å². The third-order valence-electron chi connectivity index (χ3n) is 5.18. The Morgan fingerprint density at radius 3 is 2.87 bits per heavy atom. The predicted octanol–water partition coefficient (Wildman–Crippen LogP) is 2.34. The molecule has 5 heteroatoms. The molecule has 0 aliphatic carbocycles. The van der Waals surface area contributed by atoms with Gasteiger partial charge in [-0.2, -0.15) is 0 Å². The van der Waals surface area contributed by atoms with Crippen molar-refractivity contribution in [3.63, 3.8) is 0 Å². The number of piperidine rings is 1. The van der Waals surface area contributed by atoms with Gasteiger partial charge in [0.2, 0.25) is 5.91 Å². The highest BCUT2D eigenvalue weighted by Crippen LogP contribution is 2.33. The second-order valence-electron chi connectivity index (χ2n) is 6.69. The first kappa shape index (κ1) is 16.4. The minimum atomic E-state index is -0.519. The number of carbonyl (C=O) groups is 1. The zero-order valence-electron chi connectivity index (χ0n) is 13.6. The summed E-state index contributed by atoms with van der Waals surface area (Å²) < 4.78 is 19.2. The fraction of sp³-hybridized carbons (Fsp3) is 0.611. The van der Waals surface area contributed by atoms with Gasteiger partial charge in [0.15, 0.2) is 0 Å². The van der Waals surface area contributed by atoms with Crippen molar-refractivity contribution in [2.45, 2.75) is 44.2 Å².